The van der Waals surface area contributed by atoms with E-state index in [0.29, 0.717) is 24.9 Å². The lowest BCUT2D eigenvalue weighted by molar-refractivity contribution is -0.148. The van der Waals surface area contributed by atoms with Crippen molar-refractivity contribution in [2.24, 2.45) is 0 Å². The zero-order chi connectivity index (χ0) is 14.7. The molecule has 0 radical (unpaired) electrons. The highest BCUT2D eigenvalue weighted by atomic mass is 16.4. The van der Waals surface area contributed by atoms with Crippen LogP contribution in [0.15, 0.2) is 23.0 Å². The molecule has 108 valence electrons. The molecule has 2 atom stereocenters. The van der Waals surface area contributed by atoms with Crippen LogP contribution in [0, 0.1) is 0 Å². The van der Waals surface area contributed by atoms with Crippen LogP contribution in [0.1, 0.15) is 30.1 Å². The number of carboxylic acid groups (broad SMARTS) is 1. The van der Waals surface area contributed by atoms with E-state index >= 15 is 0 Å². The molecule has 1 aliphatic rings. The number of furan rings is 1. The molecule has 2 rings (SSSR count). The standard InChI is InChI=1S/C13H16N2O5/c1-8(14-11(16)9-4-6-20-7-9)12(17)15-5-2-3-10(15)13(18)19/h4,6-8,10H,2-3,5H2,1H3,(H,14,16)(H,18,19). The number of carbonyl (C=O) groups is 3. The average Bonchev–Trinajstić information content (AvgIpc) is 3.08. The molecule has 0 saturated carbocycles. The van der Waals surface area contributed by atoms with E-state index in [2.05, 4.69) is 5.32 Å². The lowest BCUT2D eigenvalue weighted by Gasteiger charge is -2.25. The van der Waals surface area contributed by atoms with E-state index in [9.17, 15) is 14.4 Å². The summed E-state index contributed by atoms with van der Waals surface area (Å²) in [6.45, 7) is 1.94. The van der Waals surface area contributed by atoms with E-state index in [-0.39, 0.29) is 5.91 Å². The van der Waals surface area contributed by atoms with Crippen LogP contribution in [0.25, 0.3) is 0 Å². The van der Waals surface area contributed by atoms with Crippen LogP contribution in [-0.4, -0.2) is 46.4 Å². The molecule has 7 nitrogen and oxygen atoms in total. The van der Waals surface area contributed by atoms with Crippen molar-refractivity contribution in [2.45, 2.75) is 31.8 Å². The van der Waals surface area contributed by atoms with Gasteiger partial charge in [0.25, 0.3) is 5.91 Å². The third kappa shape index (κ3) is 2.81. The van der Waals surface area contributed by atoms with Crippen molar-refractivity contribution in [3.8, 4) is 0 Å². The predicted molar refractivity (Wildman–Crippen MR) is 68.0 cm³/mol. The molecule has 2 heterocycles. The quantitative estimate of drug-likeness (QED) is 0.835. The zero-order valence-corrected chi connectivity index (χ0v) is 11.0. The van der Waals surface area contributed by atoms with Crippen molar-refractivity contribution >= 4 is 17.8 Å². The summed E-state index contributed by atoms with van der Waals surface area (Å²) in [6, 6.07) is -0.0873. The number of nitrogens with zero attached hydrogens (tertiary/aromatic N) is 1. The molecule has 2 N–H and O–H groups in total. The summed E-state index contributed by atoms with van der Waals surface area (Å²) < 4.78 is 4.79. The number of rotatable bonds is 4. The number of nitrogens with one attached hydrogen (secondary N) is 1. The second kappa shape index (κ2) is 5.77. The van der Waals surface area contributed by atoms with Gasteiger partial charge in [-0.2, -0.15) is 0 Å². The number of carbonyl (C=O) groups excluding carboxylic acids is 2. The minimum absolute atomic E-state index is 0.320. The molecular formula is C13H16N2O5. The van der Waals surface area contributed by atoms with Crippen molar-refractivity contribution in [2.75, 3.05) is 6.54 Å². The van der Waals surface area contributed by atoms with E-state index in [1.807, 2.05) is 0 Å². The van der Waals surface area contributed by atoms with E-state index in [0.717, 1.165) is 0 Å². The topological polar surface area (TPSA) is 99.9 Å². The monoisotopic (exact) mass is 280 g/mol. The molecule has 0 bridgehead atoms. The van der Waals surface area contributed by atoms with Crippen LogP contribution < -0.4 is 5.32 Å². The fourth-order valence-electron chi connectivity index (χ4n) is 2.27. The lowest BCUT2D eigenvalue weighted by Crippen LogP contribution is -2.50. The summed E-state index contributed by atoms with van der Waals surface area (Å²) in [7, 11) is 0. The fourth-order valence-corrected chi connectivity index (χ4v) is 2.27. The third-order valence-corrected chi connectivity index (χ3v) is 3.32. The number of aliphatic carboxylic acids is 1. The largest absolute Gasteiger partial charge is 0.480 e. The number of likely N-dealkylation sites (tertiary alicyclic amines) is 1. The predicted octanol–water partition coefficient (Wildman–Crippen LogP) is 0.473. The number of carboxylic acids is 1. The van der Waals surface area contributed by atoms with Crippen LogP contribution in [0.5, 0.6) is 0 Å². The smallest absolute Gasteiger partial charge is 0.326 e. The summed E-state index contributed by atoms with van der Waals surface area (Å²) in [6.07, 6.45) is 3.75. The Balaban J connectivity index is 1.98. The molecule has 1 fully saturated rings. The SMILES string of the molecule is CC(NC(=O)c1ccoc1)C(=O)N1CCCC1C(=O)O. The first-order valence-electron chi connectivity index (χ1n) is 6.37. The minimum Gasteiger partial charge on any atom is -0.480 e. The van der Waals surface area contributed by atoms with Gasteiger partial charge in [0.05, 0.1) is 11.8 Å². The molecule has 1 aromatic rings. The molecule has 1 aromatic heterocycles. The molecule has 1 aliphatic heterocycles. The van der Waals surface area contributed by atoms with Crippen LogP contribution in [-0.2, 0) is 9.59 Å². The van der Waals surface area contributed by atoms with Crippen molar-refractivity contribution in [1.29, 1.82) is 0 Å². The maximum atomic E-state index is 12.2. The first-order chi connectivity index (χ1) is 9.50. The van der Waals surface area contributed by atoms with Gasteiger partial charge in [0, 0.05) is 6.54 Å². The Morgan fingerprint density at radius 2 is 2.25 bits per heavy atom. The van der Waals surface area contributed by atoms with Gasteiger partial charge in [0.1, 0.15) is 18.3 Å². The van der Waals surface area contributed by atoms with Gasteiger partial charge < -0.3 is 19.7 Å². The molecular weight excluding hydrogens is 264 g/mol. The van der Waals surface area contributed by atoms with Gasteiger partial charge in [-0.05, 0) is 25.8 Å². The van der Waals surface area contributed by atoms with Gasteiger partial charge in [-0.25, -0.2) is 4.79 Å². The molecule has 7 heteroatoms. The lowest BCUT2D eigenvalue weighted by atomic mass is 10.2. The van der Waals surface area contributed by atoms with Crippen LogP contribution in [0.2, 0.25) is 0 Å². The Morgan fingerprint density at radius 1 is 1.50 bits per heavy atom. The number of hydrogen-bond donors (Lipinski definition) is 2. The van der Waals surface area contributed by atoms with E-state index < -0.39 is 24.0 Å². The summed E-state index contributed by atoms with van der Waals surface area (Å²) in [5.74, 6) is -1.82. The second-order valence-electron chi connectivity index (χ2n) is 4.74. The summed E-state index contributed by atoms with van der Waals surface area (Å²) in [5, 5.41) is 11.6. The van der Waals surface area contributed by atoms with Gasteiger partial charge >= 0.3 is 5.97 Å². The molecule has 2 amide bonds. The van der Waals surface area contributed by atoms with E-state index in [1.54, 1.807) is 0 Å². The third-order valence-electron chi connectivity index (χ3n) is 3.32. The summed E-state index contributed by atoms with van der Waals surface area (Å²) in [4.78, 5) is 36.3. The maximum absolute atomic E-state index is 12.2. The number of amides is 2. The number of hydrogen-bond acceptors (Lipinski definition) is 4. The highest BCUT2D eigenvalue weighted by molar-refractivity contribution is 5.97. The summed E-state index contributed by atoms with van der Waals surface area (Å²) in [5.41, 5.74) is 0.320. The van der Waals surface area contributed by atoms with Crippen LogP contribution in [0.4, 0.5) is 0 Å². The Labute approximate surface area is 115 Å². The van der Waals surface area contributed by atoms with Crippen molar-refractivity contribution < 1.29 is 23.9 Å². The normalized spacial score (nSPS) is 19.6. The molecule has 0 aromatic carbocycles. The highest BCUT2D eigenvalue weighted by Gasteiger charge is 2.36. The second-order valence-corrected chi connectivity index (χ2v) is 4.74. The van der Waals surface area contributed by atoms with Crippen LogP contribution in [0.3, 0.4) is 0 Å². The molecule has 0 aliphatic carbocycles. The van der Waals surface area contributed by atoms with E-state index in [1.165, 1.54) is 30.4 Å². The van der Waals surface area contributed by atoms with Gasteiger partial charge in [-0.15, -0.1) is 0 Å². The Hall–Kier alpha value is -2.31. The molecule has 20 heavy (non-hydrogen) atoms. The molecule has 0 spiro atoms. The Bertz CT molecular complexity index is 511. The van der Waals surface area contributed by atoms with Gasteiger partial charge in [-0.1, -0.05) is 0 Å². The minimum atomic E-state index is -1.01. The molecule has 2 unspecified atom stereocenters. The van der Waals surface area contributed by atoms with Crippen LogP contribution >= 0.6 is 0 Å². The first kappa shape index (κ1) is 14.1. The Morgan fingerprint density at radius 3 is 2.85 bits per heavy atom. The van der Waals surface area contributed by atoms with E-state index in [4.69, 9.17) is 9.52 Å². The fraction of sp³-hybridized carbons (Fsp3) is 0.462. The van der Waals surface area contributed by atoms with Gasteiger partial charge in [0.2, 0.25) is 5.91 Å². The molecule has 1 saturated heterocycles. The van der Waals surface area contributed by atoms with Crippen molar-refractivity contribution in [3.05, 3.63) is 24.2 Å². The first-order valence-corrected chi connectivity index (χ1v) is 6.37. The maximum Gasteiger partial charge on any atom is 0.326 e. The van der Waals surface area contributed by atoms with Crippen molar-refractivity contribution in [1.82, 2.24) is 10.2 Å². The van der Waals surface area contributed by atoms with Crippen molar-refractivity contribution in [3.63, 3.8) is 0 Å². The summed E-state index contributed by atoms with van der Waals surface area (Å²) >= 11 is 0. The van der Waals surface area contributed by atoms with Gasteiger partial charge in [-0.3, -0.25) is 9.59 Å². The Kier molecular flexibility index (Phi) is 4.07. The zero-order valence-electron chi connectivity index (χ0n) is 11.0. The highest BCUT2D eigenvalue weighted by Crippen LogP contribution is 2.18. The van der Waals surface area contributed by atoms with Gasteiger partial charge in [0.15, 0.2) is 0 Å². The average molecular weight is 280 g/mol.